The Kier molecular flexibility index (Phi) is 3.06. The lowest BCUT2D eigenvalue weighted by atomic mass is 10.2. The molecule has 0 aromatic heterocycles. The quantitative estimate of drug-likeness (QED) is 0.845. The lowest BCUT2D eigenvalue weighted by Gasteiger charge is -2.15. The number of nitrogens with one attached hydrogen (secondary N) is 1. The zero-order chi connectivity index (χ0) is 10.8. The Morgan fingerprint density at radius 1 is 1.40 bits per heavy atom. The summed E-state index contributed by atoms with van der Waals surface area (Å²) in [6, 6.07) is 6.14. The third-order valence-corrected chi connectivity index (χ3v) is 3.02. The van der Waals surface area contributed by atoms with Crippen LogP contribution in [0.5, 0.6) is 0 Å². The Bertz CT molecular complexity index is 345. The van der Waals surface area contributed by atoms with Gasteiger partial charge in [-0.2, -0.15) is 0 Å². The molecule has 0 spiro atoms. The molecule has 82 valence electrons. The molecule has 0 saturated heterocycles. The van der Waals surface area contributed by atoms with E-state index in [1.165, 1.54) is 12.8 Å². The van der Waals surface area contributed by atoms with Gasteiger partial charge in [-0.1, -0.05) is 11.6 Å². The number of hydrogen-bond donors (Lipinski definition) is 1. The minimum Gasteiger partial charge on any atom is -0.385 e. The first-order chi connectivity index (χ1) is 7.16. The zero-order valence-electron chi connectivity index (χ0n) is 9.26. The molecule has 1 N–H and O–H groups in total. The maximum Gasteiger partial charge on any atom is 0.0659 e. The fourth-order valence-electron chi connectivity index (χ4n) is 1.56. The molecule has 2 rings (SSSR count). The van der Waals surface area contributed by atoms with Gasteiger partial charge < -0.3 is 10.2 Å². The van der Waals surface area contributed by atoms with Crippen LogP contribution >= 0.6 is 11.6 Å². The second-order valence-corrected chi connectivity index (χ2v) is 4.79. The third kappa shape index (κ3) is 2.78. The van der Waals surface area contributed by atoms with E-state index < -0.39 is 0 Å². The number of hydrogen-bond acceptors (Lipinski definition) is 2. The summed E-state index contributed by atoms with van der Waals surface area (Å²) in [6.07, 6.45) is 2.74. The van der Waals surface area contributed by atoms with Crippen LogP contribution in [-0.4, -0.2) is 20.6 Å². The molecule has 0 aliphatic heterocycles. The standard InChI is InChI=1S/C12H17ClN2/c1-15(2)12-6-5-10(7-11(12)13)14-8-9-3-4-9/h5-7,9,14H,3-4,8H2,1-2H3. The van der Waals surface area contributed by atoms with Crippen molar-refractivity contribution in [1.29, 1.82) is 0 Å². The third-order valence-electron chi connectivity index (χ3n) is 2.72. The van der Waals surface area contributed by atoms with Crippen molar-refractivity contribution in [2.45, 2.75) is 12.8 Å². The number of anilines is 2. The minimum atomic E-state index is 0.806. The van der Waals surface area contributed by atoms with Crippen molar-refractivity contribution in [1.82, 2.24) is 0 Å². The van der Waals surface area contributed by atoms with Crippen molar-refractivity contribution in [2.24, 2.45) is 5.92 Å². The van der Waals surface area contributed by atoms with E-state index in [0.29, 0.717) is 0 Å². The van der Waals surface area contributed by atoms with Gasteiger partial charge in [-0.3, -0.25) is 0 Å². The lowest BCUT2D eigenvalue weighted by Crippen LogP contribution is -2.09. The number of rotatable bonds is 4. The van der Waals surface area contributed by atoms with Gasteiger partial charge >= 0.3 is 0 Å². The van der Waals surface area contributed by atoms with Crippen molar-refractivity contribution >= 4 is 23.0 Å². The molecular weight excluding hydrogens is 208 g/mol. The Labute approximate surface area is 96.2 Å². The highest BCUT2D eigenvalue weighted by Gasteiger charge is 2.20. The van der Waals surface area contributed by atoms with Gasteiger partial charge in [0.2, 0.25) is 0 Å². The Morgan fingerprint density at radius 2 is 2.13 bits per heavy atom. The number of benzene rings is 1. The maximum absolute atomic E-state index is 6.17. The fraction of sp³-hybridized carbons (Fsp3) is 0.500. The second-order valence-electron chi connectivity index (χ2n) is 4.38. The van der Waals surface area contributed by atoms with Crippen LogP contribution in [0.25, 0.3) is 0 Å². The summed E-state index contributed by atoms with van der Waals surface area (Å²) in [5.74, 6) is 0.886. The molecule has 2 nitrogen and oxygen atoms in total. The van der Waals surface area contributed by atoms with Gasteiger partial charge in [0.15, 0.2) is 0 Å². The van der Waals surface area contributed by atoms with E-state index in [9.17, 15) is 0 Å². The van der Waals surface area contributed by atoms with E-state index in [2.05, 4.69) is 17.4 Å². The van der Waals surface area contributed by atoms with Crippen LogP contribution < -0.4 is 10.2 Å². The van der Waals surface area contributed by atoms with E-state index in [1.807, 2.05) is 25.1 Å². The summed E-state index contributed by atoms with van der Waals surface area (Å²) in [4.78, 5) is 2.02. The van der Waals surface area contributed by atoms with Crippen LogP contribution in [0.2, 0.25) is 5.02 Å². The van der Waals surface area contributed by atoms with Gasteiger partial charge in [-0.25, -0.2) is 0 Å². The van der Waals surface area contributed by atoms with E-state index in [1.54, 1.807) is 0 Å². The summed E-state index contributed by atoms with van der Waals surface area (Å²) in [5, 5.41) is 4.22. The first-order valence-electron chi connectivity index (χ1n) is 5.37. The SMILES string of the molecule is CN(C)c1ccc(NCC2CC2)cc1Cl. The van der Waals surface area contributed by atoms with Crippen LogP contribution in [0.3, 0.4) is 0 Å². The predicted octanol–water partition coefficient (Wildman–Crippen LogP) is 3.23. The summed E-state index contributed by atoms with van der Waals surface area (Å²) >= 11 is 6.17. The summed E-state index contributed by atoms with van der Waals surface area (Å²) in [5.41, 5.74) is 2.19. The Balaban J connectivity index is 2.03. The molecule has 0 heterocycles. The van der Waals surface area contributed by atoms with E-state index in [-0.39, 0.29) is 0 Å². The summed E-state index contributed by atoms with van der Waals surface area (Å²) in [7, 11) is 4.00. The molecule has 1 aromatic carbocycles. The molecule has 0 bridgehead atoms. The number of nitrogens with zero attached hydrogens (tertiary/aromatic N) is 1. The molecule has 1 aliphatic carbocycles. The fourth-order valence-corrected chi connectivity index (χ4v) is 1.91. The smallest absolute Gasteiger partial charge is 0.0659 e. The molecule has 0 unspecified atom stereocenters. The van der Waals surface area contributed by atoms with Crippen molar-refractivity contribution in [3.8, 4) is 0 Å². The van der Waals surface area contributed by atoms with E-state index >= 15 is 0 Å². The summed E-state index contributed by atoms with van der Waals surface area (Å²) in [6.45, 7) is 1.08. The van der Waals surface area contributed by atoms with Crippen LogP contribution in [0.4, 0.5) is 11.4 Å². The highest BCUT2D eigenvalue weighted by atomic mass is 35.5. The summed E-state index contributed by atoms with van der Waals surface area (Å²) < 4.78 is 0. The first kappa shape index (κ1) is 10.6. The number of halogens is 1. The van der Waals surface area contributed by atoms with Crippen molar-refractivity contribution in [3.05, 3.63) is 23.2 Å². The molecule has 3 heteroatoms. The molecule has 0 radical (unpaired) electrons. The monoisotopic (exact) mass is 224 g/mol. The van der Waals surface area contributed by atoms with Gasteiger partial charge in [-0.15, -0.1) is 0 Å². The zero-order valence-corrected chi connectivity index (χ0v) is 10.0. The molecule has 15 heavy (non-hydrogen) atoms. The van der Waals surface area contributed by atoms with Gasteiger partial charge in [0.1, 0.15) is 0 Å². The second kappa shape index (κ2) is 4.31. The van der Waals surface area contributed by atoms with Crippen LogP contribution in [0.15, 0.2) is 18.2 Å². The minimum absolute atomic E-state index is 0.806. The largest absolute Gasteiger partial charge is 0.385 e. The topological polar surface area (TPSA) is 15.3 Å². The Hall–Kier alpha value is -0.890. The Morgan fingerprint density at radius 3 is 2.67 bits per heavy atom. The highest BCUT2D eigenvalue weighted by Crippen LogP contribution is 2.31. The maximum atomic E-state index is 6.17. The van der Waals surface area contributed by atoms with E-state index in [4.69, 9.17) is 11.6 Å². The lowest BCUT2D eigenvalue weighted by molar-refractivity contribution is 0.889. The first-order valence-corrected chi connectivity index (χ1v) is 5.75. The van der Waals surface area contributed by atoms with Gasteiger partial charge in [-0.05, 0) is 37.0 Å². The highest BCUT2D eigenvalue weighted by molar-refractivity contribution is 6.33. The molecule has 0 amide bonds. The molecule has 1 fully saturated rings. The average Bonchev–Trinajstić information content (AvgIpc) is 2.97. The molecule has 1 saturated carbocycles. The molecule has 0 atom stereocenters. The molecular formula is C12H17ClN2. The molecule has 1 aromatic rings. The van der Waals surface area contributed by atoms with Gasteiger partial charge in [0, 0.05) is 26.3 Å². The normalized spacial score (nSPS) is 15.1. The predicted molar refractivity (Wildman–Crippen MR) is 67.0 cm³/mol. The van der Waals surface area contributed by atoms with Gasteiger partial charge in [0.05, 0.1) is 10.7 Å². The molecule has 1 aliphatic rings. The van der Waals surface area contributed by atoms with Gasteiger partial charge in [0.25, 0.3) is 0 Å². The average molecular weight is 225 g/mol. The van der Waals surface area contributed by atoms with E-state index in [0.717, 1.165) is 28.9 Å². The van der Waals surface area contributed by atoms with Crippen molar-refractivity contribution in [2.75, 3.05) is 30.9 Å². The van der Waals surface area contributed by atoms with Crippen molar-refractivity contribution in [3.63, 3.8) is 0 Å². The van der Waals surface area contributed by atoms with Crippen LogP contribution in [-0.2, 0) is 0 Å². The van der Waals surface area contributed by atoms with Crippen molar-refractivity contribution < 1.29 is 0 Å². The van der Waals surface area contributed by atoms with Crippen LogP contribution in [0, 0.1) is 5.92 Å². The van der Waals surface area contributed by atoms with Crippen LogP contribution in [0.1, 0.15) is 12.8 Å².